The quantitative estimate of drug-likeness (QED) is 0.358. The third-order valence-corrected chi connectivity index (χ3v) is 2.53. The SMILES string of the molecule is CCCCNC(=S)N/N=C/c1cccc(OC)c1. The van der Waals surface area contributed by atoms with Crippen molar-refractivity contribution in [1.29, 1.82) is 0 Å². The Bertz CT molecular complexity index is 407. The molecule has 0 aliphatic rings. The van der Waals surface area contributed by atoms with Crippen molar-refractivity contribution >= 4 is 23.5 Å². The molecule has 0 heterocycles. The molecule has 1 rings (SSSR count). The molecule has 1 aromatic rings. The summed E-state index contributed by atoms with van der Waals surface area (Å²) in [6, 6.07) is 7.65. The summed E-state index contributed by atoms with van der Waals surface area (Å²) in [7, 11) is 1.64. The lowest BCUT2D eigenvalue weighted by molar-refractivity contribution is 0.415. The van der Waals surface area contributed by atoms with Crippen molar-refractivity contribution in [1.82, 2.24) is 10.7 Å². The van der Waals surface area contributed by atoms with Gasteiger partial charge in [0.25, 0.3) is 0 Å². The third kappa shape index (κ3) is 5.63. The maximum atomic E-state index is 5.13. The van der Waals surface area contributed by atoms with E-state index >= 15 is 0 Å². The van der Waals surface area contributed by atoms with E-state index in [0.29, 0.717) is 5.11 Å². The molecule has 0 aliphatic carbocycles. The van der Waals surface area contributed by atoms with Crippen LogP contribution >= 0.6 is 12.2 Å². The van der Waals surface area contributed by atoms with Crippen molar-refractivity contribution in [3.8, 4) is 5.75 Å². The highest BCUT2D eigenvalue weighted by Gasteiger charge is 1.93. The van der Waals surface area contributed by atoms with Crippen molar-refractivity contribution in [3.63, 3.8) is 0 Å². The van der Waals surface area contributed by atoms with Gasteiger partial charge in [-0.05, 0) is 36.3 Å². The molecule has 0 atom stereocenters. The van der Waals surface area contributed by atoms with Gasteiger partial charge in [-0.1, -0.05) is 25.5 Å². The normalized spacial score (nSPS) is 10.3. The Labute approximate surface area is 113 Å². The van der Waals surface area contributed by atoms with Gasteiger partial charge in [0.05, 0.1) is 13.3 Å². The predicted molar refractivity (Wildman–Crippen MR) is 79.2 cm³/mol. The van der Waals surface area contributed by atoms with Crippen molar-refractivity contribution in [2.75, 3.05) is 13.7 Å². The van der Waals surface area contributed by atoms with Crippen LogP contribution in [-0.4, -0.2) is 25.0 Å². The van der Waals surface area contributed by atoms with Gasteiger partial charge < -0.3 is 10.1 Å². The Morgan fingerprint density at radius 3 is 3.06 bits per heavy atom. The van der Waals surface area contributed by atoms with Gasteiger partial charge in [-0.3, -0.25) is 5.43 Å². The average Bonchev–Trinajstić information content (AvgIpc) is 2.39. The Kier molecular flexibility index (Phi) is 6.79. The molecule has 0 aromatic heterocycles. The van der Waals surface area contributed by atoms with Gasteiger partial charge in [0, 0.05) is 6.54 Å². The number of hydrogen-bond acceptors (Lipinski definition) is 3. The first-order valence-electron chi connectivity index (χ1n) is 5.97. The average molecular weight is 265 g/mol. The van der Waals surface area contributed by atoms with Gasteiger partial charge in [-0.15, -0.1) is 0 Å². The van der Waals surface area contributed by atoms with Crippen LogP contribution in [0.1, 0.15) is 25.3 Å². The summed E-state index contributed by atoms with van der Waals surface area (Å²) in [5, 5.41) is 7.68. The minimum Gasteiger partial charge on any atom is -0.497 e. The van der Waals surface area contributed by atoms with E-state index in [4.69, 9.17) is 17.0 Å². The summed E-state index contributed by atoms with van der Waals surface area (Å²) >= 11 is 5.07. The zero-order valence-electron chi connectivity index (χ0n) is 10.8. The van der Waals surface area contributed by atoms with Crippen molar-refractivity contribution < 1.29 is 4.74 Å². The van der Waals surface area contributed by atoms with Gasteiger partial charge >= 0.3 is 0 Å². The van der Waals surface area contributed by atoms with Gasteiger partial charge in [0.1, 0.15) is 5.75 Å². The zero-order valence-corrected chi connectivity index (χ0v) is 11.6. The molecule has 0 saturated heterocycles. The van der Waals surface area contributed by atoms with Gasteiger partial charge in [0.15, 0.2) is 5.11 Å². The maximum Gasteiger partial charge on any atom is 0.186 e. The van der Waals surface area contributed by atoms with E-state index in [2.05, 4.69) is 22.8 Å². The molecular weight excluding hydrogens is 246 g/mol. The van der Waals surface area contributed by atoms with Crippen LogP contribution in [-0.2, 0) is 0 Å². The molecule has 18 heavy (non-hydrogen) atoms. The molecule has 0 aliphatic heterocycles. The second-order valence-electron chi connectivity index (χ2n) is 3.76. The van der Waals surface area contributed by atoms with Crippen LogP contribution in [0.2, 0.25) is 0 Å². The Morgan fingerprint density at radius 2 is 2.33 bits per heavy atom. The Balaban J connectivity index is 2.37. The van der Waals surface area contributed by atoms with Crippen LogP contribution in [0.4, 0.5) is 0 Å². The standard InChI is InChI=1S/C13H19N3OS/c1-3-4-8-14-13(18)16-15-10-11-6-5-7-12(9-11)17-2/h5-7,9-10H,3-4,8H2,1-2H3,(H2,14,16,18)/b15-10+. The summed E-state index contributed by atoms with van der Waals surface area (Å²) < 4.78 is 5.13. The van der Waals surface area contributed by atoms with Crippen molar-refractivity contribution in [2.24, 2.45) is 5.10 Å². The van der Waals surface area contributed by atoms with Gasteiger partial charge in [0.2, 0.25) is 0 Å². The number of thiocarbonyl (C=S) groups is 1. The number of hydrogen-bond donors (Lipinski definition) is 2. The van der Waals surface area contributed by atoms with Crippen LogP contribution in [0.5, 0.6) is 5.75 Å². The maximum absolute atomic E-state index is 5.13. The summed E-state index contributed by atoms with van der Waals surface area (Å²) in [4.78, 5) is 0. The van der Waals surface area contributed by atoms with Crippen molar-refractivity contribution in [3.05, 3.63) is 29.8 Å². The summed E-state index contributed by atoms with van der Waals surface area (Å²) in [6.07, 6.45) is 3.94. The fraction of sp³-hybridized carbons (Fsp3) is 0.385. The summed E-state index contributed by atoms with van der Waals surface area (Å²) in [6.45, 7) is 3.01. The smallest absolute Gasteiger partial charge is 0.186 e. The van der Waals surface area contributed by atoms with E-state index in [1.807, 2.05) is 24.3 Å². The fourth-order valence-corrected chi connectivity index (χ4v) is 1.46. The highest BCUT2D eigenvalue weighted by Crippen LogP contribution is 2.10. The molecule has 98 valence electrons. The summed E-state index contributed by atoms with van der Waals surface area (Å²) in [5.41, 5.74) is 3.73. The van der Waals surface area contributed by atoms with E-state index in [1.165, 1.54) is 0 Å². The number of benzene rings is 1. The third-order valence-electron chi connectivity index (χ3n) is 2.29. The van der Waals surface area contributed by atoms with Crippen molar-refractivity contribution in [2.45, 2.75) is 19.8 Å². The molecule has 0 unspecified atom stereocenters. The zero-order chi connectivity index (χ0) is 13.2. The van der Waals surface area contributed by atoms with Crippen LogP contribution < -0.4 is 15.5 Å². The molecule has 2 N–H and O–H groups in total. The molecule has 0 amide bonds. The number of nitrogens with zero attached hydrogens (tertiary/aromatic N) is 1. The Morgan fingerprint density at radius 1 is 1.50 bits per heavy atom. The van der Waals surface area contributed by atoms with Crippen LogP contribution in [0, 0.1) is 0 Å². The predicted octanol–water partition coefficient (Wildman–Crippen LogP) is 2.29. The minimum absolute atomic E-state index is 0.544. The van der Waals surface area contributed by atoms with Gasteiger partial charge in [-0.25, -0.2) is 0 Å². The highest BCUT2D eigenvalue weighted by atomic mass is 32.1. The first kappa shape index (κ1) is 14.4. The number of methoxy groups -OCH3 is 1. The number of nitrogens with one attached hydrogen (secondary N) is 2. The molecule has 0 spiro atoms. The highest BCUT2D eigenvalue weighted by molar-refractivity contribution is 7.80. The largest absolute Gasteiger partial charge is 0.497 e. The second-order valence-corrected chi connectivity index (χ2v) is 4.16. The monoisotopic (exact) mass is 265 g/mol. The topological polar surface area (TPSA) is 45.7 Å². The number of rotatable bonds is 6. The lowest BCUT2D eigenvalue weighted by Gasteiger charge is -2.05. The van der Waals surface area contributed by atoms with Crippen LogP contribution in [0.3, 0.4) is 0 Å². The van der Waals surface area contributed by atoms with E-state index in [-0.39, 0.29) is 0 Å². The molecular formula is C13H19N3OS. The first-order chi connectivity index (χ1) is 8.76. The fourth-order valence-electron chi connectivity index (χ4n) is 1.31. The molecule has 0 saturated carbocycles. The molecule has 0 radical (unpaired) electrons. The minimum atomic E-state index is 0.544. The van der Waals surface area contributed by atoms with Crippen LogP contribution in [0.15, 0.2) is 29.4 Å². The Hall–Kier alpha value is -1.62. The lowest BCUT2D eigenvalue weighted by atomic mass is 10.2. The van der Waals surface area contributed by atoms with E-state index in [9.17, 15) is 0 Å². The van der Waals surface area contributed by atoms with E-state index in [0.717, 1.165) is 30.7 Å². The van der Waals surface area contributed by atoms with E-state index < -0.39 is 0 Å². The lowest BCUT2D eigenvalue weighted by Crippen LogP contribution is -2.32. The first-order valence-corrected chi connectivity index (χ1v) is 6.38. The second kappa shape index (κ2) is 8.47. The number of hydrazone groups is 1. The molecule has 0 bridgehead atoms. The molecule has 1 aromatic carbocycles. The van der Waals surface area contributed by atoms with E-state index in [1.54, 1.807) is 13.3 Å². The number of unbranched alkanes of at least 4 members (excludes halogenated alkanes) is 1. The van der Waals surface area contributed by atoms with Crippen LogP contribution in [0.25, 0.3) is 0 Å². The molecule has 5 heteroatoms. The molecule has 0 fully saturated rings. The van der Waals surface area contributed by atoms with Gasteiger partial charge in [-0.2, -0.15) is 5.10 Å². The number of ether oxygens (including phenoxy) is 1. The molecule has 4 nitrogen and oxygen atoms in total. The summed E-state index contributed by atoms with van der Waals surface area (Å²) in [5.74, 6) is 0.808.